The minimum Gasteiger partial charge on any atom is -0.508 e. The number of phenolic OH excluding ortho intramolecular Hbond substituents is 1. The standard InChI is InChI=1S/C20H24N2O4/c1-13(26-17-11-7-15(8-12-17)20(2,3)4)18(24)21-22-19(25)14-5-9-16(23)10-6-14/h5-13,23H,1-4H3,(H,21,24)(H,22,25)/t13-/m0/s1. The summed E-state index contributed by atoms with van der Waals surface area (Å²) >= 11 is 0. The van der Waals surface area contributed by atoms with E-state index in [1.165, 1.54) is 29.8 Å². The SMILES string of the molecule is C[C@H](Oc1ccc(C(C)(C)C)cc1)C(=O)NNC(=O)c1ccc(O)cc1. The average Bonchev–Trinajstić information content (AvgIpc) is 2.59. The van der Waals surface area contributed by atoms with E-state index in [4.69, 9.17) is 4.74 Å². The van der Waals surface area contributed by atoms with Crippen molar-refractivity contribution >= 4 is 11.8 Å². The fourth-order valence-corrected chi connectivity index (χ4v) is 2.20. The molecule has 0 bridgehead atoms. The molecule has 2 aromatic rings. The Kier molecular flexibility index (Phi) is 5.87. The maximum absolute atomic E-state index is 12.1. The number of carbonyl (C=O) groups is 2. The van der Waals surface area contributed by atoms with E-state index in [0.717, 1.165) is 0 Å². The number of hydrogen-bond donors (Lipinski definition) is 3. The second-order valence-electron chi connectivity index (χ2n) is 7.02. The lowest BCUT2D eigenvalue weighted by molar-refractivity contribution is -0.128. The van der Waals surface area contributed by atoms with Crippen LogP contribution in [0.3, 0.4) is 0 Å². The monoisotopic (exact) mass is 356 g/mol. The van der Waals surface area contributed by atoms with Crippen LogP contribution in [0.5, 0.6) is 11.5 Å². The average molecular weight is 356 g/mol. The van der Waals surface area contributed by atoms with Crippen LogP contribution in [-0.4, -0.2) is 23.0 Å². The summed E-state index contributed by atoms with van der Waals surface area (Å²) in [7, 11) is 0. The zero-order chi connectivity index (χ0) is 19.3. The van der Waals surface area contributed by atoms with Crippen LogP contribution >= 0.6 is 0 Å². The van der Waals surface area contributed by atoms with E-state index in [-0.39, 0.29) is 11.2 Å². The van der Waals surface area contributed by atoms with Gasteiger partial charge < -0.3 is 9.84 Å². The molecule has 0 aliphatic rings. The largest absolute Gasteiger partial charge is 0.508 e. The number of phenols is 1. The van der Waals surface area contributed by atoms with Gasteiger partial charge in [-0.1, -0.05) is 32.9 Å². The molecule has 138 valence electrons. The number of benzene rings is 2. The molecule has 0 saturated heterocycles. The first-order valence-corrected chi connectivity index (χ1v) is 8.33. The fraction of sp³-hybridized carbons (Fsp3) is 0.300. The zero-order valence-corrected chi connectivity index (χ0v) is 15.4. The van der Waals surface area contributed by atoms with Crippen LogP contribution in [0, 0.1) is 0 Å². The van der Waals surface area contributed by atoms with Gasteiger partial charge in [0, 0.05) is 5.56 Å². The molecule has 0 heterocycles. The Hall–Kier alpha value is -3.02. The van der Waals surface area contributed by atoms with Gasteiger partial charge in [-0.05, 0) is 54.3 Å². The molecule has 0 aliphatic carbocycles. The Balaban J connectivity index is 1.87. The van der Waals surface area contributed by atoms with Gasteiger partial charge in [-0.15, -0.1) is 0 Å². The molecule has 0 fully saturated rings. The first kappa shape index (κ1) is 19.3. The van der Waals surface area contributed by atoms with E-state index in [2.05, 4.69) is 31.6 Å². The van der Waals surface area contributed by atoms with E-state index in [1.54, 1.807) is 6.92 Å². The third-order valence-electron chi connectivity index (χ3n) is 3.83. The maximum atomic E-state index is 12.1. The second kappa shape index (κ2) is 7.91. The lowest BCUT2D eigenvalue weighted by Crippen LogP contribution is -2.47. The number of carbonyl (C=O) groups excluding carboxylic acids is 2. The summed E-state index contributed by atoms with van der Waals surface area (Å²) in [6.07, 6.45) is -0.782. The molecule has 2 aromatic carbocycles. The molecule has 3 N–H and O–H groups in total. The summed E-state index contributed by atoms with van der Waals surface area (Å²) in [6.45, 7) is 7.96. The first-order chi connectivity index (χ1) is 12.2. The van der Waals surface area contributed by atoms with E-state index >= 15 is 0 Å². The molecular weight excluding hydrogens is 332 g/mol. The van der Waals surface area contributed by atoms with Gasteiger partial charge in [-0.3, -0.25) is 20.4 Å². The number of aromatic hydroxyl groups is 1. The van der Waals surface area contributed by atoms with Crippen LogP contribution in [0.1, 0.15) is 43.6 Å². The van der Waals surface area contributed by atoms with Crippen molar-refractivity contribution in [3.8, 4) is 11.5 Å². The van der Waals surface area contributed by atoms with Crippen molar-refractivity contribution in [2.75, 3.05) is 0 Å². The first-order valence-electron chi connectivity index (χ1n) is 8.33. The molecule has 6 heteroatoms. The van der Waals surface area contributed by atoms with Crippen molar-refractivity contribution in [1.29, 1.82) is 0 Å². The highest BCUT2D eigenvalue weighted by Gasteiger charge is 2.17. The Morgan fingerprint density at radius 1 is 0.962 bits per heavy atom. The van der Waals surface area contributed by atoms with Gasteiger partial charge >= 0.3 is 0 Å². The lowest BCUT2D eigenvalue weighted by Gasteiger charge is -2.20. The lowest BCUT2D eigenvalue weighted by atomic mass is 9.87. The number of ether oxygens (including phenoxy) is 1. The Bertz CT molecular complexity index is 762. The van der Waals surface area contributed by atoms with E-state index in [0.29, 0.717) is 11.3 Å². The third kappa shape index (κ3) is 5.24. The van der Waals surface area contributed by atoms with Gasteiger partial charge in [0.2, 0.25) is 0 Å². The molecule has 0 aliphatic heterocycles. The molecule has 0 saturated carbocycles. The van der Waals surface area contributed by atoms with Crippen molar-refractivity contribution in [3.63, 3.8) is 0 Å². The molecule has 0 radical (unpaired) electrons. The summed E-state index contributed by atoms with van der Waals surface area (Å²) in [5.74, 6) is -0.326. The molecule has 0 aromatic heterocycles. The maximum Gasteiger partial charge on any atom is 0.279 e. The van der Waals surface area contributed by atoms with Crippen molar-refractivity contribution in [2.24, 2.45) is 0 Å². The summed E-state index contributed by atoms with van der Waals surface area (Å²) in [4.78, 5) is 24.0. The number of hydrogen-bond acceptors (Lipinski definition) is 4. The topological polar surface area (TPSA) is 87.7 Å². The molecule has 6 nitrogen and oxygen atoms in total. The molecule has 0 unspecified atom stereocenters. The van der Waals surface area contributed by atoms with Crippen LogP contribution in [-0.2, 0) is 10.2 Å². The van der Waals surface area contributed by atoms with E-state index in [9.17, 15) is 14.7 Å². The van der Waals surface area contributed by atoms with Gasteiger partial charge in [-0.2, -0.15) is 0 Å². The highest BCUT2D eigenvalue weighted by Crippen LogP contribution is 2.24. The second-order valence-corrected chi connectivity index (χ2v) is 7.02. The molecule has 2 amide bonds. The molecular formula is C20H24N2O4. The van der Waals surface area contributed by atoms with Gasteiger partial charge in [0.05, 0.1) is 0 Å². The van der Waals surface area contributed by atoms with Crippen molar-refractivity contribution in [3.05, 3.63) is 59.7 Å². The Morgan fingerprint density at radius 2 is 1.54 bits per heavy atom. The van der Waals surface area contributed by atoms with Gasteiger partial charge in [0.15, 0.2) is 6.10 Å². The van der Waals surface area contributed by atoms with Crippen LogP contribution < -0.4 is 15.6 Å². The third-order valence-corrected chi connectivity index (χ3v) is 3.83. The Morgan fingerprint density at radius 3 is 2.08 bits per heavy atom. The van der Waals surface area contributed by atoms with Gasteiger partial charge in [0.25, 0.3) is 11.8 Å². The normalized spacial score (nSPS) is 12.2. The van der Waals surface area contributed by atoms with Crippen LogP contribution in [0.2, 0.25) is 0 Å². The molecule has 26 heavy (non-hydrogen) atoms. The summed E-state index contributed by atoms with van der Waals surface area (Å²) in [6, 6.07) is 13.3. The van der Waals surface area contributed by atoms with Gasteiger partial charge in [0.1, 0.15) is 11.5 Å². The number of hydrazine groups is 1. The number of nitrogens with one attached hydrogen (secondary N) is 2. The van der Waals surface area contributed by atoms with Crippen LogP contribution in [0.4, 0.5) is 0 Å². The Labute approximate surface area is 153 Å². The van der Waals surface area contributed by atoms with Crippen LogP contribution in [0.15, 0.2) is 48.5 Å². The molecule has 1 atom stereocenters. The molecule has 0 spiro atoms. The predicted molar refractivity (Wildman–Crippen MR) is 98.9 cm³/mol. The summed E-state index contributed by atoms with van der Waals surface area (Å²) in [5, 5.41) is 9.21. The quantitative estimate of drug-likeness (QED) is 0.735. The van der Waals surface area contributed by atoms with Crippen LogP contribution in [0.25, 0.3) is 0 Å². The fourth-order valence-electron chi connectivity index (χ4n) is 2.20. The van der Waals surface area contributed by atoms with Crippen molar-refractivity contribution in [1.82, 2.24) is 10.9 Å². The van der Waals surface area contributed by atoms with E-state index < -0.39 is 17.9 Å². The minimum atomic E-state index is -0.782. The van der Waals surface area contributed by atoms with Gasteiger partial charge in [-0.25, -0.2) is 0 Å². The zero-order valence-electron chi connectivity index (χ0n) is 15.4. The van der Waals surface area contributed by atoms with E-state index in [1.807, 2.05) is 24.3 Å². The smallest absolute Gasteiger partial charge is 0.279 e. The summed E-state index contributed by atoms with van der Waals surface area (Å²) in [5.41, 5.74) is 6.16. The molecule has 2 rings (SSSR count). The minimum absolute atomic E-state index is 0.0417. The predicted octanol–water partition coefficient (Wildman–Crippen LogP) is 2.92. The van der Waals surface area contributed by atoms with Crippen molar-refractivity contribution in [2.45, 2.75) is 39.2 Å². The highest BCUT2D eigenvalue weighted by atomic mass is 16.5. The highest BCUT2D eigenvalue weighted by molar-refractivity contribution is 5.95. The summed E-state index contributed by atoms with van der Waals surface area (Å²) < 4.78 is 5.60. The number of rotatable bonds is 4. The number of amides is 2. The van der Waals surface area contributed by atoms with Crippen molar-refractivity contribution < 1.29 is 19.4 Å².